The van der Waals surface area contributed by atoms with Crippen molar-refractivity contribution >= 4 is 23.3 Å². The molecule has 0 aliphatic heterocycles. The van der Waals surface area contributed by atoms with Gasteiger partial charge in [-0.25, -0.2) is 9.18 Å². The number of hydrogen-bond donors (Lipinski definition) is 1. The quantitative estimate of drug-likeness (QED) is 0.643. The Morgan fingerprint density at radius 3 is 2.48 bits per heavy atom. The predicted molar refractivity (Wildman–Crippen MR) is 88.3 cm³/mol. The first-order valence-electron chi connectivity index (χ1n) is 7.32. The molecule has 0 fully saturated rings. The van der Waals surface area contributed by atoms with Gasteiger partial charge < -0.3 is 14.8 Å². The van der Waals surface area contributed by atoms with Gasteiger partial charge in [0.2, 0.25) is 5.91 Å². The number of Topliss-reactive ketones (excluding diaryl/α,β-unsaturated/α-hetero) is 1. The van der Waals surface area contributed by atoms with Crippen LogP contribution in [-0.2, 0) is 9.53 Å². The topological polar surface area (TPSA) is 81.7 Å². The van der Waals surface area contributed by atoms with Gasteiger partial charge in [0.1, 0.15) is 0 Å². The molecule has 2 aromatic carbocycles. The zero-order chi connectivity index (χ0) is 18.4. The monoisotopic (exact) mass is 345 g/mol. The Morgan fingerprint density at radius 1 is 1.08 bits per heavy atom. The molecule has 2 rings (SSSR count). The average Bonchev–Trinajstić information content (AvgIpc) is 2.58. The number of carbonyl (C=O) groups is 3. The molecule has 7 heteroatoms. The van der Waals surface area contributed by atoms with E-state index in [9.17, 15) is 18.8 Å². The van der Waals surface area contributed by atoms with Crippen molar-refractivity contribution in [2.75, 3.05) is 19.0 Å². The lowest BCUT2D eigenvalue weighted by Crippen LogP contribution is -2.15. The van der Waals surface area contributed by atoms with Gasteiger partial charge in [0.15, 0.2) is 24.0 Å². The van der Waals surface area contributed by atoms with E-state index in [1.807, 2.05) is 0 Å². The van der Waals surface area contributed by atoms with Crippen LogP contribution in [0.5, 0.6) is 5.75 Å². The van der Waals surface area contributed by atoms with Crippen molar-refractivity contribution in [1.29, 1.82) is 0 Å². The number of rotatable bonds is 6. The summed E-state index contributed by atoms with van der Waals surface area (Å²) in [5.74, 6) is -2.21. The normalized spacial score (nSPS) is 10.0. The van der Waals surface area contributed by atoms with Crippen molar-refractivity contribution < 1.29 is 28.2 Å². The van der Waals surface area contributed by atoms with Crippen LogP contribution in [0.15, 0.2) is 42.5 Å². The van der Waals surface area contributed by atoms with Gasteiger partial charge in [-0.1, -0.05) is 6.07 Å². The molecule has 1 N–H and O–H groups in total. The maximum atomic E-state index is 13.6. The minimum atomic E-state index is -0.727. The lowest BCUT2D eigenvalue weighted by atomic mass is 10.1. The van der Waals surface area contributed by atoms with Crippen LogP contribution in [0.25, 0.3) is 0 Å². The van der Waals surface area contributed by atoms with Gasteiger partial charge in [-0.05, 0) is 36.4 Å². The second-order valence-corrected chi connectivity index (χ2v) is 5.11. The van der Waals surface area contributed by atoms with Crippen LogP contribution >= 0.6 is 0 Å². The minimum Gasteiger partial charge on any atom is -0.494 e. The molecule has 1 amide bonds. The van der Waals surface area contributed by atoms with E-state index in [1.165, 1.54) is 38.3 Å². The Hall–Kier alpha value is -3.22. The van der Waals surface area contributed by atoms with E-state index in [-0.39, 0.29) is 22.8 Å². The fourth-order valence-electron chi connectivity index (χ4n) is 2.06. The Bertz CT molecular complexity index is 819. The number of benzene rings is 2. The second kappa shape index (κ2) is 8.05. The smallest absolute Gasteiger partial charge is 0.338 e. The van der Waals surface area contributed by atoms with Crippen LogP contribution in [0.2, 0.25) is 0 Å². The lowest BCUT2D eigenvalue weighted by molar-refractivity contribution is -0.114. The van der Waals surface area contributed by atoms with Crippen molar-refractivity contribution in [3.8, 4) is 5.75 Å². The molecule has 130 valence electrons. The van der Waals surface area contributed by atoms with Crippen LogP contribution in [-0.4, -0.2) is 31.4 Å². The lowest BCUT2D eigenvalue weighted by Gasteiger charge is -2.07. The van der Waals surface area contributed by atoms with Crippen molar-refractivity contribution in [1.82, 2.24) is 0 Å². The molecule has 0 atom stereocenters. The number of anilines is 1. The Labute approximate surface area is 143 Å². The molecular formula is C18H16FNO5. The maximum Gasteiger partial charge on any atom is 0.338 e. The predicted octanol–water partition coefficient (Wildman–Crippen LogP) is 2.83. The first-order chi connectivity index (χ1) is 11.9. The van der Waals surface area contributed by atoms with E-state index in [0.29, 0.717) is 5.69 Å². The molecule has 0 bridgehead atoms. The number of nitrogens with one attached hydrogen (secondary N) is 1. The molecular weight excluding hydrogens is 329 g/mol. The van der Waals surface area contributed by atoms with Gasteiger partial charge in [0.25, 0.3) is 0 Å². The van der Waals surface area contributed by atoms with Crippen molar-refractivity contribution in [2.24, 2.45) is 0 Å². The van der Waals surface area contributed by atoms with Gasteiger partial charge in [0, 0.05) is 18.2 Å². The number of hydrogen-bond acceptors (Lipinski definition) is 5. The highest BCUT2D eigenvalue weighted by Crippen LogP contribution is 2.18. The highest BCUT2D eigenvalue weighted by Gasteiger charge is 2.14. The van der Waals surface area contributed by atoms with Gasteiger partial charge in [-0.15, -0.1) is 0 Å². The summed E-state index contributed by atoms with van der Waals surface area (Å²) < 4.78 is 23.3. The molecule has 0 radical (unpaired) electrons. The Balaban J connectivity index is 2.00. The van der Waals surface area contributed by atoms with E-state index in [1.54, 1.807) is 12.1 Å². The standard InChI is InChI=1S/C18H16FNO5/c1-11(21)20-14-5-3-4-13(8-14)18(23)25-10-16(22)12-6-7-17(24-2)15(19)9-12/h3-9H,10H2,1-2H3,(H,20,21). The highest BCUT2D eigenvalue weighted by molar-refractivity contribution is 6.00. The molecule has 0 heterocycles. The molecule has 0 saturated carbocycles. The SMILES string of the molecule is COc1ccc(C(=O)COC(=O)c2cccc(NC(C)=O)c2)cc1F. The summed E-state index contributed by atoms with van der Waals surface area (Å²) in [7, 11) is 1.32. The Kier molecular flexibility index (Phi) is 5.84. The summed E-state index contributed by atoms with van der Waals surface area (Å²) in [4.78, 5) is 35.0. The van der Waals surface area contributed by atoms with Gasteiger partial charge in [-0.2, -0.15) is 0 Å². The second-order valence-electron chi connectivity index (χ2n) is 5.11. The molecule has 0 unspecified atom stereocenters. The third-order valence-corrected chi connectivity index (χ3v) is 3.23. The largest absolute Gasteiger partial charge is 0.494 e. The summed E-state index contributed by atoms with van der Waals surface area (Å²) in [6.45, 7) is 0.812. The number of esters is 1. The zero-order valence-corrected chi connectivity index (χ0v) is 13.7. The molecule has 0 aliphatic carbocycles. The summed E-state index contributed by atoms with van der Waals surface area (Å²) >= 11 is 0. The number of carbonyl (C=O) groups excluding carboxylic acids is 3. The van der Waals surface area contributed by atoms with Crippen LogP contribution in [0.1, 0.15) is 27.6 Å². The summed E-state index contributed by atoms with van der Waals surface area (Å²) in [6, 6.07) is 9.83. The van der Waals surface area contributed by atoms with Crippen LogP contribution in [0.4, 0.5) is 10.1 Å². The van der Waals surface area contributed by atoms with Crippen LogP contribution < -0.4 is 10.1 Å². The number of halogens is 1. The van der Waals surface area contributed by atoms with E-state index in [0.717, 1.165) is 6.07 Å². The van der Waals surface area contributed by atoms with E-state index >= 15 is 0 Å². The van der Waals surface area contributed by atoms with Crippen LogP contribution in [0.3, 0.4) is 0 Å². The van der Waals surface area contributed by atoms with Crippen molar-refractivity contribution in [3.63, 3.8) is 0 Å². The highest BCUT2D eigenvalue weighted by atomic mass is 19.1. The van der Waals surface area contributed by atoms with Gasteiger partial charge in [0.05, 0.1) is 12.7 Å². The molecule has 0 spiro atoms. The van der Waals surface area contributed by atoms with Gasteiger partial charge >= 0.3 is 5.97 Å². The van der Waals surface area contributed by atoms with E-state index in [2.05, 4.69) is 5.32 Å². The molecule has 0 aromatic heterocycles. The summed E-state index contributed by atoms with van der Waals surface area (Å²) in [5, 5.41) is 2.54. The van der Waals surface area contributed by atoms with Crippen molar-refractivity contribution in [2.45, 2.75) is 6.92 Å². The van der Waals surface area contributed by atoms with E-state index < -0.39 is 24.2 Å². The fourth-order valence-corrected chi connectivity index (χ4v) is 2.06. The molecule has 0 aliphatic rings. The van der Waals surface area contributed by atoms with E-state index in [4.69, 9.17) is 9.47 Å². The van der Waals surface area contributed by atoms with Crippen LogP contribution in [0, 0.1) is 5.82 Å². The zero-order valence-electron chi connectivity index (χ0n) is 13.7. The molecule has 2 aromatic rings. The number of amides is 1. The third-order valence-electron chi connectivity index (χ3n) is 3.23. The first kappa shape index (κ1) is 18.1. The molecule has 0 saturated heterocycles. The molecule has 6 nitrogen and oxygen atoms in total. The maximum absolute atomic E-state index is 13.6. The minimum absolute atomic E-state index is 0.0170. The number of ether oxygens (including phenoxy) is 2. The molecule has 25 heavy (non-hydrogen) atoms. The first-order valence-corrected chi connectivity index (χ1v) is 7.32. The van der Waals surface area contributed by atoms with Crippen molar-refractivity contribution in [3.05, 3.63) is 59.4 Å². The Morgan fingerprint density at radius 2 is 1.84 bits per heavy atom. The van der Waals surface area contributed by atoms with Gasteiger partial charge in [-0.3, -0.25) is 9.59 Å². The number of methoxy groups -OCH3 is 1. The average molecular weight is 345 g/mol. The third kappa shape index (κ3) is 4.87. The fraction of sp³-hybridized carbons (Fsp3) is 0.167. The summed E-state index contributed by atoms with van der Waals surface area (Å²) in [6.07, 6.45) is 0. The number of ketones is 1. The summed E-state index contributed by atoms with van der Waals surface area (Å²) in [5.41, 5.74) is 0.684.